The van der Waals surface area contributed by atoms with E-state index in [1.54, 1.807) is 0 Å². The molecule has 14 heavy (non-hydrogen) atoms. The molecule has 2 rings (SSSR count). The minimum Gasteiger partial charge on any atom is -0.469 e. The van der Waals surface area contributed by atoms with Crippen LogP contribution in [0.3, 0.4) is 0 Å². The number of aromatic amines is 1. The molecule has 0 fully saturated rings. The molecule has 0 bridgehead atoms. The lowest BCUT2D eigenvalue weighted by molar-refractivity contribution is -0.137. The summed E-state index contributed by atoms with van der Waals surface area (Å²) in [6, 6.07) is 10.3. The van der Waals surface area contributed by atoms with Gasteiger partial charge in [0.2, 0.25) is 0 Å². The number of methoxy groups -OCH3 is 1. The molecule has 1 aromatic carbocycles. The van der Waals surface area contributed by atoms with Crippen molar-refractivity contribution in [1.29, 1.82) is 0 Å². The number of fused-ring (bicyclic) bond motifs is 1. The predicted molar refractivity (Wildman–Crippen MR) is 56.0 cm³/mol. The molecule has 3 heteroatoms. The number of aromatic nitrogens is 1. The van der Waals surface area contributed by atoms with E-state index in [4.69, 9.17) is 0 Å². The second kappa shape index (κ2) is 5.07. The van der Waals surface area contributed by atoms with Crippen LogP contribution >= 0.6 is 0 Å². The predicted octanol–water partition coefficient (Wildman–Crippen LogP) is 2.35. The summed E-state index contributed by atoms with van der Waals surface area (Å²) in [7, 11) is 1.35. The van der Waals surface area contributed by atoms with Crippen LogP contribution in [0.2, 0.25) is 0 Å². The third kappa shape index (κ3) is 2.94. The molecule has 1 heterocycles. The number of rotatable bonds is 0. The Balaban J connectivity index is 0.000000171. The topological polar surface area (TPSA) is 42.1 Å². The number of ether oxygens (including phenoxy) is 1. The van der Waals surface area contributed by atoms with Gasteiger partial charge in [0.05, 0.1) is 7.11 Å². The zero-order valence-corrected chi connectivity index (χ0v) is 8.28. The first-order chi connectivity index (χ1) is 6.74. The highest BCUT2D eigenvalue weighted by Gasteiger charge is 1.86. The van der Waals surface area contributed by atoms with Crippen molar-refractivity contribution in [1.82, 2.24) is 4.98 Å². The molecule has 0 aliphatic carbocycles. The van der Waals surface area contributed by atoms with Crippen molar-refractivity contribution in [3.8, 4) is 0 Å². The van der Waals surface area contributed by atoms with E-state index in [-0.39, 0.29) is 5.97 Å². The fraction of sp³-hybridized carbons (Fsp3) is 0.182. The number of esters is 1. The molecule has 0 amide bonds. The highest BCUT2D eigenvalue weighted by atomic mass is 16.5. The Morgan fingerprint density at radius 3 is 2.50 bits per heavy atom. The normalized spacial score (nSPS) is 9.00. The summed E-state index contributed by atoms with van der Waals surface area (Å²) in [5.74, 6) is -0.245. The van der Waals surface area contributed by atoms with E-state index >= 15 is 0 Å². The molecule has 3 nitrogen and oxygen atoms in total. The van der Waals surface area contributed by atoms with E-state index < -0.39 is 0 Å². The number of nitrogens with one attached hydrogen (secondary N) is 1. The average molecular weight is 191 g/mol. The van der Waals surface area contributed by atoms with Crippen LogP contribution in [0.1, 0.15) is 6.92 Å². The Kier molecular flexibility index (Phi) is 3.73. The number of carbonyl (C=O) groups is 1. The lowest BCUT2D eigenvalue weighted by Gasteiger charge is -1.83. The first-order valence-electron chi connectivity index (χ1n) is 4.30. The van der Waals surface area contributed by atoms with Gasteiger partial charge < -0.3 is 9.72 Å². The van der Waals surface area contributed by atoms with Gasteiger partial charge in [-0.05, 0) is 17.5 Å². The number of benzene rings is 1. The van der Waals surface area contributed by atoms with E-state index in [1.807, 2.05) is 18.3 Å². The Bertz CT molecular complexity index is 376. The highest BCUT2D eigenvalue weighted by molar-refractivity contribution is 5.78. The van der Waals surface area contributed by atoms with Crippen molar-refractivity contribution in [2.45, 2.75) is 6.92 Å². The Morgan fingerprint density at radius 1 is 1.29 bits per heavy atom. The molecule has 1 aromatic heterocycles. The molecule has 0 unspecified atom stereocenters. The molecule has 0 saturated carbocycles. The van der Waals surface area contributed by atoms with Crippen molar-refractivity contribution in [2.75, 3.05) is 7.11 Å². The smallest absolute Gasteiger partial charge is 0.302 e. The zero-order chi connectivity index (χ0) is 10.4. The molecule has 74 valence electrons. The fourth-order valence-electron chi connectivity index (χ4n) is 0.995. The summed E-state index contributed by atoms with van der Waals surface area (Å²) in [4.78, 5) is 12.7. The Morgan fingerprint density at radius 2 is 1.93 bits per heavy atom. The average Bonchev–Trinajstić information content (AvgIpc) is 2.66. The summed E-state index contributed by atoms with van der Waals surface area (Å²) < 4.78 is 4.11. The minimum atomic E-state index is -0.245. The minimum absolute atomic E-state index is 0.245. The molecule has 0 aliphatic heterocycles. The highest BCUT2D eigenvalue weighted by Crippen LogP contribution is 2.09. The molecular formula is C11H13NO2. The van der Waals surface area contributed by atoms with Crippen LogP contribution in [-0.4, -0.2) is 18.1 Å². The molecule has 0 spiro atoms. The number of H-pyrrole nitrogens is 1. The molecule has 0 aliphatic rings. The summed E-state index contributed by atoms with van der Waals surface area (Å²) >= 11 is 0. The largest absolute Gasteiger partial charge is 0.469 e. The van der Waals surface area contributed by atoms with Gasteiger partial charge in [0.25, 0.3) is 0 Å². The summed E-state index contributed by atoms with van der Waals surface area (Å²) in [5, 5.41) is 1.28. The van der Waals surface area contributed by atoms with Crippen LogP contribution < -0.4 is 0 Å². The SMILES string of the molecule is COC(C)=O.c1ccc2[nH]ccc2c1. The van der Waals surface area contributed by atoms with Crippen molar-refractivity contribution >= 4 is 16.9 Å². The van der Waals surface area contributed by atoms with E-state index in [0.717, 1.165) is 0 Å². The van der Waals surface area contributed by atoms with E-state index in [9.17, 15) is 4.79 Å². The van der Waals surface area contributed by atoms with Crippen LogP contribution in [0.15, 0.2) is 36.5 Å². The third-order valence-electron chi connectivity index (χ3n) is 1.75. The maximum atomic E-state index is 9.59. The molecule has 0 saturated heterocycles. The number of hydrogen-bond donors (Lipinski definition) is 1. The van der Waals surface area contributed by atoms with E-state index in [1.165, 1.54) is 24.9 Å². The van der Waals surface area contributed by atoms with Crippen LogP contribution in [0, 0.1) is 0 Å². The summed E-state index contributed by atoms with van der Waals surface area (Å²) in [5.41, 5.74) is 1.21. The van der Waals surface area contributed by atoms with Crippen molar-refractivity contribution in [3.63, 3.8) is 0 Å². The molecule has 2 aromatic rings. The van der Waals surface area contributed by atoms with Gasteiger partial charge in [0.15, 0.2) is 0 Å². The van der Waals surface area contributed by atoms with Crippen LogP contribution in [0.4, 0.5) is 0 Å². The monoisotopic (exact) mass is 191 g/mol. The van der Waals surface area contributed by atoms with Gasteiger partial charge in [-0.1, -0.05) is 18.2 Å². The van der Waals surface area contributed by atoms with Gasteiger partial charge in [-0.15, -0.1) is 0 Å². The maximum Gasteiger partial charge on any atom is 0.302 e. The summed E-state index contributed by atoms with van der Waals surface area (Å²) in [6.45, 7) is 1.36. The van der Waals surface area contributed by atoms with Gasteiger partial charge in [-0.25, -0.2) is 0 Å². The maximum absolute atomic E-state index is 9.59. The van der Waals surface area contributed by atoms with Crippen LogP contribution in [0.5, 0.6) is 0 Å². The van der Waals surface area contributed by atoms with Crippen molar-refractivity contribution < 1.29 is 9.53 Å². The van der Waals surface area contributed by atoms with Crippen LogP contribution in [0.25, 0.3) is 10.9 Å². The number of carbonyl (C=O) groups excluding carboxylic acids is 1. The quantitative estimate of drug-likeness (QED) is 0.649. The molecule has 0 radical (unpaired) electrons. The van der Waals surface area contributed by atoms with Gasteiger partial charge >= 0.3 is 5.97 Å². The first-order valence-corrected chi connectivity index (χ1v) is 4.30. The van der Waals surface area contributed by atoms with Crippen LogP contribution in [-0.2, 0) is 9.53 Å². The number of para-hydroxylation sites is 1. The van der Waals surface area contributed by atoms with Crippen molar-refractivity contribution in [3.05, 3.63) is 36.5 Å². The third-order valence-corrected chi connectivity index (χ3v) is 1.75. The van der Waals surface area contributed by atoms with E-state index in [2.05, 4.69) is 27.9 Å². The second-order valence-electron chi connectivity index (χ2n) is 2.76. The zero-order valence-electron chi connectivity index (χ0n) is 8.28. The summed E-state index contributed by atoms with van der Waals surface area (Å²) in [6.07, 6.45) is 1.95. The molecule has 1 N–H and O–H groups in total. The number of hydrogen-bond acceptors (Lipinski definition) is 2. The first kappa shape index (κ1) is 10.3. The Hall–Kier alpha value is -1.77. The standard InChI is InChI=1S/C8H7N.C3H6O2/c1-2-4-8-7(3-1)5-6-9-8;1-3(4)5-2/h1-6,9H;1-2H3. The fourth-order valence-corrected chi connectivity index (χ4v) is 0.995. The van der Waals surface area contributed by atoms with Gasteiger partial charge in [-0.3, -0.25) is 4.79 Å². The second-order valence-corrected chi connectivity index (χ2v) is 2.76. The van der Waals surface area contributed by atoms with E-state index in [0.29, 0.717) is 0 Å². The van der Waals surface area contributed by atoms with Gasteiger partial charge in [0, 0.05) is 18.6 Å². The van der Waals surface area contributed by atoms with Gasteiger partial charge in [0.1, 0.15) is 0 Å². The van der Waals surface area contributed by atoms with Gasteiger partial charge in [-0.2, -0.15) is 0 Å². The molecular weight excluding hydrogens is 178 g/mol. The lowest BCUT2D eigenvalue weighted by atomic mass is 10.3. The molecule has 0 atom stereocenters. The van der Waals surface area contributed by atoms with Crippen molar-refractivity contribution in [2.24, 2.45) is 0 Å². The Labute approximate surface area is 82.7 Å². The lowest BCUT2D eigenvalue weighted by Crippen LogP contribution is -1.88.